The molecule has 15 heteroatoms. The van der Waals surface area contributed by atoms with E-state index in [0.29, 0.717) is 65.3 Å². The second-order valence-electron chi connectivity index (χ2n) is 27.4. The SMILES string of the molecule is CCOC(C)OC(=O)CCC(C)C1CCC2C3CCC4CC(O)CCC4(C)C3CCC12C.COC(=O)COC1CCC(C(C)(C)C2CCC(OCC(=O)OC)CC2)CC1.COC(=O)OC12CC3CC(C1)CC(C(=O)OC)(C3)C2. The zero-order valence-corrected chi connectivity index (χ0v) is 50.0. The summed E-state index contributed by atoms with van der Waals surface area (Å²) in [5, 5.41) is 10.3. The number of fused-ring (bicyclic) bond motifs is 5. The van der Waals surface area contributed by atoms with Gasteiger partial charge in [-0.15, -0.1) is 0 Å². The lowest BCUT2D eigenvalue weighted by molar-refractivity contribution is -0.197. The van der Waals surface area contributed by atoms with Crippen molar-refractivity contribution in [2.45, 2.75) is 239 Å². The van der Waals surface area contributed by atoms with Gasteiger partial charge >= 0.3 is 30.0 Å². The number of rotatable bonds is 17. The minimum Gasteiger partial charge on any atom is -0.469 e. The number of carbonyl (C=O) groups is 5. The normalized spacial score (nSPS) is 39.1. The first kappa shape index (κ1) is 62.6. The molecule has 1 N–H and O–H groups in total. The van der Waals surface area contributed by atoms with Crippen molar-refractivity contribution in [1.29, 1.82) is 0 Å². The molecule has 10 rings (SSSR count). The van der Waals surface area contributed by atoms with Gasteiger partial charge in [-0.2, -0.15) is 0 Å². The Hall–Kier alpha value is -3.01. The number of esters is 4. The summed E-state index contributed by atoms with van der Waals surface area (Å²) in [6, 6.07) is 0. The molecule has 12 atom stereocenters. The monoisotopic (exact) mass is 1100 g/mol. The van der Waals surface area contributed by atoms with Crippen LogP contribution in [-0.2, 0) is 61.8 Å². The number of ether oxygens (including phenoxy) is 9. The van der Waals surface area contributed by atoms with E-state index in [0.717, 1.165) is 132 Å². The molecule has 0 aromatic rings. The van der Waals surface area contributed by atoms with Gasteiger partial charge in [0.25, 0.3) is 0 Å². The fourth-order valence-corrected chi connectivity index (χ4v) is 19.0. The van der Waals surface area contributed by atoms with Gasteiger partial charge in [0.1, 0.15) is 18.8 Å². The highest BCUT2D eigenvalue weighted by molar-refractivity contribution is 5.78. The van der Waals surface area contributed by atoms with E-state index in [2.05, 4.69) is 48.8 Å². The van der Waals surface area contributed by atoms with Crippen LogP contribution in [0.15, 0.2) is 0 Å². The molecule has 12 unspecified atom stereocenters. The predicted molar refractivity (Wildman–Crippen MR) is 293 cm³/mol. The third-order valence-electron chi connectivity index (χ3n) is 22.8. The number of aliphatic hydroxyl groups excluding tert-OH is 1. The van der Waals surface area contributed by atoms with Crippen LogP contribution in [0.3, 0.4) is 0 Å². The third kappa shape index (κ3) is 14.4. The van der Waals surface area contributed by atoms with Gasteiger partial charge in [0, 0.05) is 19.4 Å². The van der Waals surface area contributed by atoms with Gasteiger partial charge in [-0.1, -0.05) is 34.6 Å². The summed E-state index contributed by atoms with van der Waals surface area (Å²) >= 11 is 0. The smallest absolute Gasteiger partial charge is 0.469 e. The average Bonchev–Trinajstić information content (AvgIpc) is 3.93. The van der Waals surface area contributed by atoms with E-state index in [1.165, 1.54) is 73.4 Å². The molecule has 10 aliphatic rings. The van der Waals surface area contributed by atoms with E-state index in [1.807, 2.05) is 6.92 Å². The van der Waals surface area contributed by atoms with Gasteiger partial charge in [0.15, 0.2) is 6.29 Å². The van der Waals surface area contributed by atoms with Crippen LogP contribution in [0.25, 0.3) is 0 Å². The fraction of sp³-hybridized carbons (Fsp3) is 0.921. The van der Waals surface area contributed by atoms with Crippen molar-refractivity contribution in [3.8, 4) is 0 Å². The van der Waals surface area contributed by atoms with Gasteiger partial charge in [-0.25, -0.2) is 14.4 Å². The highest BCUT2D eigenvalue weighted by atomic mass is 16.7. The second-order valence-corrected chi connectivity index (χ2v) is 27.4. The highest BCUT2D eigenvalue weighted by Crippen LogP contribution is 2.69. The van der Waals surface area contributed by atoms with Crippen molar-refractivity contribution in [1.82, 2.24) is 0 Å². The molecule has 0 aromatic heterocycles. The lowest BCUT2D eigenvalue weighted by Crippen LogP contribution is -2.59. The maximum Gasteiger partial charge on any atom is 0.508 e. The van der Waals surface area contributed by atoms with Crippen molar-refractivity contribution in [2.75, 3.05) is 48.3 Å². The Bertz CT molecular complexity index is 1930. The molecule has 0 radical (unpaired) electrons. The summed E-state index contributed by atoms with van der Waals surface area (Å²) < 4.78 is 46.6. The third-order valence-corrected chi connectivity index (χ3v) is 22.8. The Morgan fingerprint density at radius 1 is 0.628 bits per heavy atom. The minimum absolute atomic E-state index is 0.0570. The summed E-state index contributed by atoms with van der Waals surface area (Å²) in [5.41, 5.74) is 0.230. The Labute approximate surface area is 468 Å². The van der Waals surface area contributed by atoms with Crippen LogP contribution in [0, 0.1) is 80.8 Å². The van der Waals surface area contributed by atoms with Crippen LogP contribution >= 0.6 is 0 Å². The highest BCUT2D eigenvalue weighted by Gasteiger charge is 2.64. The second kappa shape index (κ2) is 26.9. The number of aliphatic hydroxyl groups is 1. The van der Waals surface area contributed by atoms with Crippen LogP contribution in [0.2, 0.25) is 0 Å². The Balaban J connectivity index is 0.000000175. The zero-order valence-electron chi connectivity index (χ0n) is 50.0. The molecule has 0 spiro atoms. The predicted octanol–water partition coefficient (Wildman–Crippen LogP) is 12.1. The lowest BCUT2D eigenvalue weighted by atomic mass is 9.44. The topological polar surface area (TPSA) is 189 Å². The van der Waals surface area contributed by atoms with Gasteiger partial charge in [-0.3, -0.25) is 9.59 Å². The maximum absolute atomic E-state index is 12.3. The summed E-state index contributed by atoms with van der Waals surface area (Å²) in [7, 11) is 5.54. The summed E-state index contributed by atoms with van der Waals surface area (Å²) in [6.07, 6.45) is 25.9. The molecule has 10 fully saturated rings. The number of hydrogen-bond acceptors (Lipinski definition) is 15. The van der Waals surface area contributed by atoms with Gasteiger partial charge in [0.2, 0.25) is 0 Å². The largest absolute Gasteiger partial charge is 0.508 e. The molecule has 0 heterocycles. The van der Waals surface area contributed by atoms with E-state index >= 15 is 0 Å². The first-order valence-electron chi connectivity index (χ1n) is 30.8. The molecular formula is C63H104O15. The van der Waals surface area contributed by atoms with Crippen LogP contribution in [0.5, 0.6) is 0 Å². The standard InChI is InChI=1S/C28H48O4.C21H36O6.C14H20O5/c1-6-31-19(3)32-26(30)12-7-18(2)23-10-11-24-22-9-8-20-17-21(29)13-15-27(20,4)25(22)14-16-28(23,24)5;1-21(2,15-5-9-17(10-6-15)26-13-19(22)24-3)16-7-11-18(12-8-16)27-14-20(23)25-4;1-17-11(15)13-4-9-3-10(5-13)7-14(6-9,8-13)19-12(16)18-2/h18-25,29H,6-17H2,1-5H3;15-18H,5-14H2,1-4H3;9-10H,3-8H2,1-2H3. The lowest BCUT2D eigenvalue weighted by Gasteiger charge is -2.61. The Kier molecular flexibility index (Phi) is 21.6. The van der Waals surface area contributed by atoms with E-state index in [4.69, 9.17) is 28.4 Å². The summed E-state index contributed by atoms with van der Waals surface area (Å²) in [4.78, 5) is 58.4. The summed E-state index contributed by atoms with van der Waals surface area (Å²) in [6.45, 7) is 16.8. The molecule has 10 saturated carbocycles. The Morgan fingerprint density at radius 2 is 1.19 bits per heavy atom. The number of hydrogen-bond donors (Lipinski definition) is 1. The molecule has 10 aliphatic carbocycles. The molecule has 0 aliphatic heterocycles. The molecule has 0 saturated heterocycles. The maximum atomic E-state index is 12.3. The minimum atomic E-state index is -0.637. The fourth-order valence-electron chi connectivity index (χ4n) is 19.0. The molecular weight excluding hydrogens is 997 g/mol. The molecule has 4 bridgehead atoms. The Morgan fingerprint density at radius 3 is 1.73 bits per heavy atom. The van der Waals surface area contributed by atoms with Crippen LogP contribution < -0.4 is 0 Å². The van der Waals surface area contributed by atoms with Crippen LogP contribution in [0.1, 0.15) is 209 Å². The van der Waals surface area contributed by atoms with Crippen molar-refractivity contribution in [3.05, 3.63) is 0 Å². The molecule has 78 heavy (non-hydrogen) atoms. The molecule has 0 amide bonds. The van der Waals surface area contributed by atoms with Crippen molar-refractivity contribution >= 4 is 30.0 Å². The van der Waals surface area contributed by atoms with E-state index in [-0.39, 0.29) is 55.4 Å². The number of carbonyl (C=O) groups excluding carboxylic acids is 5. The van der Waals surface area contributed by atoms with E-state index in [1.54, 1.807) is 6.92 Å². The van der Waals surface area contributed by atoms with Crippen LogP contribution in [0.4, 0.5) is 4.79 Å². The van der Waals surface area contributed by atoms with E-state index < -0.39 is 23.5 Å². The summed E-state index contributed by atoms with van der Waals surface area (Å²) in [5.74, 6) is 6.05. The van der Waals surface area contributed by atoms with Crippen molar-refractivity contribution in [2.24, 2.45) is 80.8 Å². The number of methoxy groups -OCH3 is 4. The molecule has 446 valence electrons. The average molecular weight is 1100 g/mol. The van der Waals surface area contributed by atoms with Gasteiger partial charge in [0.05, 0.1) is 52.2 Å². The van der Waals surface area contributed by atoms with E-state index in [9.17, 15) is 29.1 Å². The van der Waals surface area contributed by atoms with Crippen LogP contribution in [-0.4, -0.2) is 114 Å². The zero-order chi connectivity index (χ0) is 56.6. The van der Waals surface area contributed by atoms with Gasteiger partial charge < -0.3 is 47.7 Å². The van der Waals surface area contributed by atoms with Gasteiger partial charge in [-0.05, 0) is 237 Å². The molecule has 15 nitrogen and oxygen atoms in total. The first-order chi connectivity index (χ1) is 37.1. The molecule has 0 aromatic carbocycles. The van der Waals surface area contributed by atoms with Crippen molar-refractivity contribution < 1.29 is 71.7 Å². The first-order valence-corrected chi connectivity index (χ1v) is 30.8. The van der Waals surface area contributed by atoms with Crippen molar-refractivity contribution in [3.63, 3.8) is 0 Å². The quantitative estimate of drug-likeness (QED) is 0.0822.